The van der Waals surface area contributed by atoms with Crippen LogP contribution in [-0.2, 0) is 4.79 Å². The Hall–Kier alpha value is -1.36. The summed E-state index contributed by atoms with van der Waals surface area (Å²) in [7, 11) is 0. The van der Waals surface area contributed by atoms with Gasteiger partial charge in [-0.15, -0.1) is 0 Å². The number of anilines is 1. The van der Waals surface area contributed by atoms with Gasteiger partial charge in [-0.2, -0.15) is 5.10 Å². The van der Waals surface area contributed by atoms with Crippen molar-refractivity contribution in [1.29, 1.82) is 0 Å². The number of carbonyl (C=O) groups excluding carboxylic acids is 1. The van der Waals surface area contributed by atoms with Crippen LogP contribution in [-0.4, -0.2) is 28.2 Å². The molecule has 1 aliphatic heterocycles. The standard InChI is InChI=1S/C12H20N4O/c1-8-10(9(2)16-15-8)14-11(17)12(3)6-4-5-7-13-12/h13H,4-7H2,1-3H3,(H,14,17)(H,15,16). The second-order valence-electron chi connectivity index (χ2n) is 4.98. The van der Waals surface area contributed by atoms with Crippen molar-refractivity contribution in [3.05, 3.63) is 11.4 Å². The van der Waals surface area contributed by atoms with Gasteiger partial charge in [0.25, 0.3) is 0 Å². The Morgan fingerprint density at radius 3 is 2.71 bits per heavy atom. The fourth-order valence-corrected chi connectivity index (χ4v) is 2.24. The number of H-pyrrole nitrogens is 1. The number of aryl methyl sites for hydroxylation is 2. The van der Waals surface area contributed by atoms with Crippen LogP contribution in [0.5, 0.6) is 0 Å². The van der Waals surface area contributed by atoms with E-state index in [2.05, 4.69) is 20.8 Å². The summed E-state index contributed by atoms with van der Waals surface area (Å²) >= 11 is 0. The Morgan fingerprint density at radius 2 is 2.18 bits per heavy atom. The Morgan fingerprint density at radius 1 is 1.41 bits per heavy atom. The van der Waals surface area contributed by atoms with Crippen molar-refractivity contribution in [3.63, 3.8) is 0 Å². The van der Waals surface area contributed by atoms with Crippen LogP contribution in [0.15, 0.2) is 0 Å². The molecule has 1 aromatic rings. The van der Waals surface area contributed by atoms with Gasteiger partial charge in [-0.3, -0.25) is 9.89 Å². The van der Waals surface area contributed by atoms with E-state index in [0.717, 1.165) is 42.9 Å². The third-order valence-electron chi connectivity index (χ3n) is 3.49. The topological polar surface area (TPSA) is 69.8 Å². The molecule has 0 saturated carbocycles. The summed E-state index contributed by atoms with van der Waals surface area (Å²) in [6.45, 7) is 6.67. The molecule has 17 heavy (non-hydrogen) atoms. The van der Waals surface area contributed by atoms with Gasteiger partial charge in [0.2, 0.25) is 5.91 Å². The normalized spacial score (nSPS) is 24.6. The molecule has 2 rings (SSSR count). The van der Waals surface area contributed by atoms with Crippen molar-refractivity contribution in [1.82, 2.24) is 15.5 Å². The molecule has 0 spiro atoms. The third kappa shape index (κ3) is 2.34. The lowest BCUT2D eigenvalue weighted by atomic mass is 9.90. The molecule has 0 aliphatic carbocycles. The predicted molar refractivity (Wildman–Crippen MR) is 67.0 cm³/mol. The van der Waals surface area contributed by atoms with E-state index in [0.29, 0.717) is 0 Å². The highest BCUT2D eigenvalue weighted by atomic mass is 16.2. The molecule has 1 saturated heterocycles. The van der Waals surface area contributed by atoms with Crippen molar-refractivity contribution in [3.8, 4) is 0 Å². The quantitative estimate of drug-likeness (QED) is 0.728. The van der Waals surface area contributed by atoms with E-state index >= 15 is 0 Å². The summed E-state index contributed by atoms with van der Waals surface area (Å²) in [5.41, 5.74) is 2.09. The van der Waals surface area contributed by atoms with Crippen molar-refractivity contribution in [2.75, 3.05) is 11.9 Å². The molecule has 5 nitrogen and oxygen atoms in total. The molecule has 1 unspecified atom stereocenters. The molecule has 0 bridgehead atoms. The second-order valence-corrected chi connectivity index (χ2v) is 4.98. The zero-order valence-electron chi connectivity index (χ0n) is 10.7. The summed E-state index contributed by atoms with van der Waals surface area (Å²) < 4.78 is 0. The van der Waals surface area contributed by atoms with E-state index in [1.807, 2.05) is 20.8 Å². The summed E-state index contributed by atoms with van der Waals surface area (Å²) in [6.07, 6.45) is 3.13. The molecule has 0 radical (unpaired) electrons. The minimum atomic E-state index is -0.450. The minimum absolute atomic E-state index is 0.0322. The number of rotatable bonds is 2. The number of nitrogens with one attached hydrogen (secondary N) is 3. The van der Waals surface area contributed by atoms with Crippen molar-refractivity contribution in [2.45, 2.75) is 45.6 Å². The fraction of sp³-hybridized carbons (Fsp3) is 0.667. The first-order valence-corrected chi connectivity index (χ1v) is 6.11. The highest BCUT2D eigenvalue weighted by Crippen LogP contribution is 2.23. The summed E-state index contributed by atoms with van der Waals surface area (Å²) in [6, 6.07) is 0. The lowest BCUT2D eigenvalue weighted by molar-refractivity contribution is -0.122. The molecule has 1 aliphatic rings. The van der Waals surface area contributed by atoms with Crippen molar-refractivity contribution >= 4 is 11.6 Å². The Kier molecular flexibility index (Phi) is 3.19. The molecular weight excluding hydrogens is 216 g/mol. The van der Waals surface area contributed by atoms with E-state index in [1.54, 1.807) is 0 Å². The van der Waals surface area contributed by atoms with Crippen LogP contribution in [0, 0.1) is 13.8 Å². The molecule has 1 fully saturated rings. The number of aromatic nitrogens is 2. The number of hydrogen-bond acceptors (Lipinski definition) is 3. The van der Waals surface area contributed by atoms with Crippen molar-refractivity contribution in [2.24, 2.45) is 0 Å². The largest absolute Gasteiger partial charge is 0.321 e. The Labute approximate surface area is 101 Å². The van der Waals surface area contributed by atoms with Gasteiger partial charge in [-0.25, -0.2) is 0 Å². The molecule has 0 aromatic carbocycles. The molecule has 2 heterocycles. The zero-order chi connectivity index (χ0) is 12.5. The monoisotopic (exact) mass is 236 g/mol. The van der Waals surface area contributed by atoms with E-state index in [4.69, 9.17) is 0 Å². The van der Waals surface area contributed by atoms with Gasteiger partial charge in [0.15, 0.2) is 0 Å². The average molecular weight is 236 g/mol. The van der Waals surface area contributed by atoms with Gasteiger partial charge in [0.1, 0.15) is 0 Å². The van der Waals surface area contributed by atoms with Gasteiger partial charge >= 0.3 is 0 Å². The zero-order valence-corrected chi connectivity index (χ0v) is 10.7. The smallest absolute Gasteiger partial charge is 0.244 e. The number of hydrogen-bond donors (Lipinski definition) is 3. The maximum Gasteiger partial charge on any atom is 0.244 e. The second kappa shape index (κ2) is 4.49. The lowest BCUT2D eigenvalue weighted by Crippen LogP contribution is -2.54. The van der Waals surface area contributed by atoms with Gasteiger partial charge < -0.3 is 10.6 Å². The van der Waals surface area contributed by atoms with Crippen LogP contribution in [0.4, 0.5) is 5.69 Å². The summed E-state index contributed by atoms with van der Waals surface area (Å²) in [5, 5.41) is 13.2. The first kappa shape index (κ1) is 12.1. The minimum Gasteiger partial charge on any atom is -0.321 e. The molecule has 5 heteroatoms. The van der Waals surface area contributed by atoms with E-state index in [-0.39, 0.29) is 5.91 Å². The van der Waals surface area contributed by atoms with E-state index in [1.165, 1.54) is 0 Å². The molecule has 1 aromatic heterocycles. The number of aromatic amines is 1. The highest BCUT2D eigenvalue weighted by molar-refractivity contribution is 5.98. The lowest BCUT2D eigenvalue weighted by Gasteiger charge is -2.33. The van der Waals surface area contributed by atoms with Gasteiger partial charge in [-0.05, 0) is 46.6 Å². The molecule has 1 amide bonds. The van der Waals surface area contributed by atoms with Crippen LogP contribution in [0.1, 0.15) is 37.6 Å². The highest BCUT2D eigenvalue weighted by Gasteiger charge is 2.34. The molecule has 1 atom stereocenters. The molecular formula is C12H20N4O. The van der Waals surface area contributed by atoms with Crippen LogP contribution < -0.4 is 10.6 Å². The van der Waals surface area contributed by atoms with Crippen LogP contribution in [0.2, 0.25) is 0 Å². The Bertz CT molecular complexity index is 399. The summed E-state index contributed by atoms with van der Waals surface area (Å²) in [4.78, 5) is 12.3. The van der Waals surface area contributed by atoms with Gasteiger partial charge in [0.05, 0.1) is 22.6 Å². The van der Waals surface area contributed by atoms with Crippen LogP contribution >= 0.6 is 0 Å². The fourth-order valence-electron chi connectivity index (χ4n) is 2.24. The first-order valence-electron chi connectivity index (χ1n) is 6.11. The molecule has 94 valence electrons. The van der Waals surface area contributed by atoms with Gasteiger partial charge in [-0.1, -0.05) is 0 Å². The van der Waals surface area contributed by atoms with Crippen LogP contribution in [0.3, 0.4) is 0 Å². The average Bonchev–Trinajstić information content (AvgIpc) is 2.62. The first-order chi connectivity index (χ1) is 8.03. The number of amides is 1. The third-order valence-corrected chi connectivity index (χ3v) is 3.49. The molecule has 3 N–H and O–H groups in total. The predicted octanol–water partition coefficient (Wildman–Crippen LogP) is 1.50. The maximum absolute atomic E-state index is 12.3. The summed E-state index contributed by atoms with van der Waals surface area (Å²) in [5.74, 6) is 0.0322. The SMILES string of the molecule is Cc1n[nH]c(C)c1NC(=O)C1(C)CCCCN1. The van der Waals surface area contributed by atoms with Gasteiger partial charge in [0, 0.05) is 0 Å². The van der Waals surface area contributed by atoms with Crippen LogP contribution in [0.25, 0.3) is 0 Å². The Balaban J connectivity index is 2.11. The van der Waals surface area contributed by atoms with E-state index < -0.39 is 5.54 Å². The van der Waals surface area contributed by atoms with Crippen molar-refractivity contribution < 1.29 is 4.79 Å². The number of carbonyl (C=O) groups is 1. The number of piperidine rings is 1. The van der Waals surface area contributed by atoms with E-state index in [9.17, 15) is 4.79 Å². The maximum atomic E-state index is 12.3. The number of nitrogens with zero attached hydrogens (tertiary/aromatic N) is 1.